The zero-order valence-corrected chi connectivity index (χ0v) is 17.2. The third-order valence-corrected chi connectivity index (χ3v) is 5.69. The minimum absolute atomic E-state index is 0.854. The van der Waals surface area contributed by atoms with Crippen LogP contribution in [0, 0.1) is 6.92 Å². The predicted octanol–water partition coefficient (Wildman–Crippen LogP) is 4.20. The van der Waals surface area contributed by atoms with E-state index >= 15 is 0 Å². The average molecular weight is 377 g/mol. The van der Waals surface area contributed by atoms with Gasteiger partial charge in [-0.05, 0) is 50.1 Å². The molecule has 6 heteroatoms. The second-order valence-electron chi connectivity index (χ2n) is 6.02. The first-order valence-electron chi connectivity index (χ1n) is 8.58. The van der Waals surface area contributed by atoms with Crippen molar-refractivity contribution < 1.29 is 0 Å². The van der Waals surface area contributed by atoms with Gasteiger partial charge in [-0.2, -0.15) is 0 Å². The van der Waals surface area contributed by atoms with E-state index in [-0.39, 0.29) is 0 Å². The van der Waals surface area contributed by atoms with Crippen molar-refractivity contribution in [3.8, 4) is 0 Å². The number of nitrogens with zero attached hydrogens (tertiary/aromatic N) is 3. The molecule has 1 heterocycles. The third kappa shape index (κ3) is 6.71. The van der Waals surface area contributed by atoms with E-state index in [1.165, 1.54) is 15.5 Å². The normalized spacial score (nSPS) is 11.6. The number of benzene rings is 1. The van der Waals surface area contributed by atoms with E-state index in [0.29, 0.717) is 0 Å². The Morgan fingerprint density at radius 2 is 2.04 bits per heavy atom. The molecule has 4 nitrogen and oxygen atoms in total. The highest BCUT2D eigenvalue weighted by Gasteiger charge is 2.06. The maximum Gasteiger partial charge on any atom is 0.193 e. The summed E-state index contributed by atoms with van der Waals surface area (Å²) in [5.74, 6) is 0.944. The molecule has 0 saturated heterocycles. The molecular formula is C19H28N4S2. The number of nitrogens with one attached hydrogen (secondary N) is 1. The topological polar surface area (TPSA) is 40.5 Å². The van der Waals surface area contributed by atoms with Crippen LogP contribution < -0.4 is 5.32 Å². The Morgan fingerprint density at radius 1 is 1.28 bits per heavy atom. The van der Waals surface area contributed by atoms with Crippen molar-refractivity contribution in [2.45, 2.75) is 37.6 Å². The van der Waals surface area contributed by atoms with Crippen molar-refractivity contribution in [1.29, 1.82) is 0 Å². The molecule has 1 aromatic heterocycles. The van der Waals surface area contributed by atoms with Gasteiger partial charge in [0.15, 0.2) is 5.96 Å². The van der Waals surface area contributed by atoms with Crippen LogP contribution >= 0.6 is 23.1 Å². The lowest BCUT2D eigenvalue weighted by molar-refractivity contribution is 0.475. The van der Waals surface area contributed by atoms with Crippen LogP contribution in [0.4, 0.5) is 0 Å². The quantitative estimate of drug-likeness (QED) is 0.324. The van der Waals surface area contributed by atoms with E-state index in [4.69, 9.17) is 0 Å². The van der Waals surface area contributed by atoms with Crippen LogP contribution in [0.2, 0.25) is 0 Å². The number of rotatable bonds is 8. The van der Waals surface area contributed by atoms with Crippen molar-refractivity contribution in [2.75, 3.05) is 26.9 Å². The summed E-state index contributed by atoms with van der Waals surface area (Å²) in [4.78, 5) is 12.4. The molecule has 2 rings (SSSR count). The monoisotopic (exact) mass is 376 g/mol. The van der Waals surface area contributed by atoms with Gasteiger partial charge in [0.25, 0.3) is 0 Å². The molecule has 2 aromatic rings. The van der Waals surface area contributed by atoms with Crippen molar-refractivity contribution in [3.63, 3.8) is 0 Å². The fraction of sp³-hybridized carbons (Fsp3) is 0.474. The predicted molar refractivity (Wildman–Crippen MR) is 111 cm³/mol. The Kier molecular flexibility index (Phi) is 8.28. The van der Waals surface area contributed by atoms with Gasteiger partial charge in [-0.1, -0.05) is 12.1 Å². The van der Waals surface area contributed by atoms with Crippen molar-refractivity contribution in [1.82, 2.24) is 15.2 Å². The fourth-order valence-corrected chi connectivity index (χ4v) is 3.81. The minimum Gasteiger partial charge on any atom is -0.356 e. The average Bonchev–Trinajstić information content (AvgIpc) is 3.04. The molecule has 0 bridgehead atoms. The van der Waals surface area contributed by atoms with Gasteiger partial charge < -0.3 is 10.2 Å². The van der Waals surface area contributed by atoms with Crippen molar-refractivity contribution in [3.05, 3.63) is 45.9 Å². The number of thioether (sulfide) groups is 1. The van der Waals surface area contributed by atoms with Gasteiger partial charge in [-0.3, -0.25) is 4.99 Å². The summed E-state index contributed by atoms with van der Waals surface area (Å²) in [7, 11) is 3.92. The highest BCUT2D eigenvalue weighted by atomic mass is 32.2. The van der Waals surface area contributed by atoms with Crippen LogP contribution in [0.1, 0.15) is 29.1 Å². The van der Waals surface area contributed by atoms with Gasteiger partial charge in [0.05, 0.1) is 5.01 Å². The molecule has 0 fully saturated rings. The molecule has 0 radical (unpaired) electrons. The standard InChI is InChI=1S/C19H28N4S2/c1-15-14-25-18(22-15)7-5-6-12-21-19(20-2)23(3)13-16-8-10-17(24-4)11-9-16/h8-11,14H,5-7,12-13H2,1-4H3,(H,20,21). The zero-order chi connectivity index (χ0) is 18.1. The summed E-state index contributed by atoms with van der Waals surface area (Å²) in [5.41, 5.74) is 2.42. The zero-order valence-electron chi connectivity index (χ0n) is 15.6. The summed E-state index contributed by atoms with van der Waals surface area (Å²) in [6, 6.07) is 8.71. The smallest absolute Gasteiger partial charge is 0.193 e. The van der Waals surface area contributed by atoms with Gasteiger partial charge in [0, 0.05) is 43.2 Å². The van der Waals surface area contributed by atoms with Gasteiger partial charge in [-0.15, -0.1) is 23.1 Å². The lowest BCUT2D eigenvalue weighted by Crippen LogP contribution is -2.38. The number of hydrogen-bond donors (Lipinski definition) is 1. The second-order valence-corrected chi connectivity index (χ2v) is 7.84. The van der Waals surface area contributed by atoms with Crippen molar-refractivity contribution >= 4 is 29.1 Å². The van der Waals surface area contributed by atoms with Crippen LogP contribution in [-0.4, -0.2) is 42.7 Å². The number of aryl methyl sites for hydroxylation is 2. The van der Waals surface area contributed by atoms with E-state index in [1.807, 2.05) is 7.05 Å². The van der Waals surface area contributed by atoms with E-state index in [2.05, 4.69) is 70.1 Å². The lowest BCUT2D eigenvalue weighted by atomic mass is 10.2. The van der Waals surface area contributed by atoms with Gasteiger partial charge in [0.1, 0.15) is 0 Å². The number of aromatic nitrogens is 1. The van der Waals surface area contributed by atoms with Gasteiger partial charge in [0.2, 0.25) is 0 Å². The molecule has 0 aliphatic carbocycles. The maximum absolute atomic E-state index is 4.51. The molecule has 0 saturated carbocycles. The Bertz CT molecular complexity index is 664. The fourth-order valence-electron chi connectivity index (χ4n) is 2.58. The number of unbranched alkanes of at least 4 members (excludes halogenated alkanes) is 1. The highest BCUT2D eigenvalue weighted by molar-refractivity contribution is 7.98. The van der Waals surface area contributed by atoms with E-state index < -0.39 is 0 Å². The molecule has 25 heavy (non-hydrogen) atoms. The molecule has 0 spiro atoms. The Morgan fingerprint density at radius 3 is 2.64 bits per heavy atom. The van der Waals surface area contributed by atoms with Gasteiger partial charge >= 0.3 is 0 Å². The second kappa shape index (κ2) is 10.5. The SMILES string of the molecule is CN=C(NCCCCc1nc(C)cs1)N(C)Cc1ccc(SC)cc1. The first-order chi connectivity index (χ1) is 12.1. The lowest BCUT2D eigenvalue weighted by Gasteiger charge is -2.22. The molecule has 1 N–H and O–H groups in total. The Labute approximate surface area is 159 Å². The van der Waals surface area contributed by atoms with Crippen LogP contribution in [0.5, 0.6) is 0 Å². The number of thiazole rings is 1. The largest absolute Gasteiger partial charge is 0.356 e. The van der Waals surface area contributed by atoms with Crippen LogP contribution in [0.3, 0.4) is 0 Å². The van der Waals surface area contributed by atoms with E-state index in [0.717, 1.165) is 44.0 Å². The molecule has 0 atom stereocenters. The summed E-state index contributed by atoms with van der Waals surface area (Å²) < 4.78 is 0. The molecule has 0 aliphatic rings. The molecule has 136 valence electrons. The summed E-state index contributed by atoms with van der Waals surface area (Å²) >= 11 is 3.53. The number of hydrogen-bond acceptors (Lipinski definition) is 4. The van der Waals surface area contributed by atoms with E-state index in [9.17, 15) is 0 Å². The molecular weight excluding hydrogens is 348 g/mol. The Hall–Kier alpha value is -1.53. The summed E-state index contributed by atoms with van der Waals surface area (Å²) in [6.07, 6.45) is 5.43. The molecule has 1 aromatic carbocycles. The van der Waals surface area contributed by atoms with E-state index in [1.54, 1.807) is 23.1 Å². The maximum atomic E-state index is 4.51. The van der Waals surface area contributed by atoms with Crippen molar-refractivity contribution in [2.24, 2.45) is 4.99 Å². The number of guanidine groups is 1. The van der Waals surface area contributed by atoms with Crippen LogP contribution in [0.15, 0.2) is 39.5 Å². The highest BCUT2D eigenvalue weighted by Crippen LogP contribution is 2.15. The molecule has 0 unspecified atom stereocenters. The summed E-state index contributed by atoms with van der Waals surface area (Å²) in [5, 5.41) is 6.82. The molecule has 0 amide bonds. The summed E-state index contributed by atoms with van der Waals surface area (Å²) in [6.45, 7) is 3.84. The first kappa shape index (κ1) is 19.8. The van der Waals surface area contributed by atoms with Crippen LogP contribution in [0.25, 0.3) is 0 Å². The first-order valence-corrected chi connectivity index (χ1v) is 10.7. The third-order valence-electron chi connectivity index (χ3n) is 3.92. The Balaban J connectivity index is 1.71. The number of aliphatic imine (C=N–C) groups is 1. The van der Waals surface area contributed by atoms with Crippen LogP contribution in [-0.2, 0) is 13.0 Å². The molecule has 0 aliphatic heterocycles. The van der Waals surface area contributed by atoms with Gasteiger partial charge in [-0.25, -0.2) is 4.98 Å². The minimum atomic E-state index is 0.854.